The van der Waals surface area contributed by atoms with E-state index in [2.05, 4.69) is 10.3 Å². The van der Waals surface area contributed by atoms with E-state index >= 15 is 0 Å². The summed E-state index contributed by atoms with van der Waals surface area (Å²) in [6.45, 7) is 0.715. The summed E-state index contributed by atoms with van der Waals surface area (Å²) >= 11 is 0. The maximum atomic E-state index is 5.30. The summed E-state index contributed by atoms with van der Waals surface area (Å²) in [6, 6.07) is 9.74. The molecule has 0 unspecified atom stereocenters. The van der Waals surface area contributed by atoms with Crippen LogP contribution in [0.2, 0.25) is 0 Å². The normalized spacial score (nSPS) is 10.1. The summed E-state index contributed by atoms with van der Waals surface area (Å²) in [4.78, 5) is 6.49. The molecule has 84 valence electrons. The zero-order valence-corrected chi connectivity index (χ0v) is 9.47. The van der Waals surface area contributed by atoms with Crippen LogP contribution in [0.5, 0.6) is 0 Å². The smallest absolute Gasteiger partial charge is 0.131 e. The topological polar surface area (TPSA) is 41.3 Å². The van der Waals surface area contributed by atoms with E-state index in [0.717, 1.165) is 17.4 Å². The Kier molecular flexibility index (Phi) is 3.10. The number of rotatable bonds is 4. The number of nitrogens with zero attached hydrogens (tertiary/aromatic N) is 2. The third-order valence-corrected chi connectivity index (χ3v) is 2.35. The van der Waals surface area contributed by atoms with Crippen LogP contribution < -0.4 is 10.2 Å². The fourth-order valence-electron chi connectivity index (χ4n) is 1.49. The summed E-state index contributed by atoms with van der Waals surface area (Å²) < 4.78 is 5.30. The summed E-state index contributed by atoms with van der Waals surface area (Å²) in [5.74, 6) is 2.71. The van der Waals surface area contributed by atoms with Gasteiger partial charge in [-0.05, 0) is 24.3 Å². The highest BCUT2D eigenvalue weighted by Crippen LogP contribution is 2.15. The average molecular weight is 217 g/mol. The van der Waals surface area contributed by atoms with Crippen LogP contribution >= 0.6 is 0 Å². The molecule has 2 aromatic rings. The van der Waals surface area contributed by atoms with Gasteiger partial charge < -0.3 is 14.6 Å². The second-order valence-electron chi connectivity index (χ2n) is 3.57. The Morgan fingerprint density at radius 2 is 2.19 bits per heavy atom. The highest BCUT2D eigenvalue weighted by atomic mass is 16.3. The van der Waals surface area contributed by atoms with Gasteiger partial charge in [-0.1, -0.05) is 6.07 Å². The molecule has 1 N–H and O–H groups in total. The van der Waals surface area contributed by atoms with Gasteiger partial charge in [0, 0.05) is 14.1 Å². The second-order valence-corrected chi connectivity index (χ2v) is 3.57. The Morgan fingerprint density at radius 1 is 1.31 bits per heavy atom. The largest absolute Gasteiger partial charge is 0.467 e. The maximum absolute atomic E-state index is 5.30. The van der Waals surface area contributed by atoms with Gasteiger partial charge in [0.05, 0.1) is 12.8 Å². The summed E-state index contributed by atoms with van der Waals surface area (Å²) in [7, 11) is 3.85. The lowest BCUT2D eigenvalue weighted by Gasteiger charge is -2.17. The number of nitrogens with one attached hydrogen (secondary N) is 1. The molecule has 0 atom stereocenters. The lowest BCUT2D eigenvalue weighted by molar-refractivity contribution is 0.507. The minimum atomic E-state index is 0.715. The first-order valence-electron chi connectivity index (χ1n) is 5.18. The average Bonchev–Trinajstić information content (AvgIpc) is 2.82. The van der Waals surface area contributed by atoms with Gasteiger partial charge in [0.2, 0.25) is 0 Å². The van der Waals surface area contributed by atoms with Crippen LogP contribution in [0, 0.1) is 0 Å². The Morgan fingerprint density at radius 3 is 2.88 bits per heavy atom. The molecule has 2 heterocycles. The van der Waals surface area contributed by atoms with E-state index in [0.29, 0.717) is 6.54 Å². The molecule has 4 nitrogen and oxygen atoms in total. The fourth-order valence-corrected chi connectivity index (χ4v) is 1.49. The van der Waals surface area contributed by atoms with Crippen molar-refractivity contribution in [2.45, 2.75) is 6.54 Å². The molecule has 0 radical (unpaired) electrons. The second kappa shape index (κ2) is 4.70. The quantitative estimate of drug-likeness (QED) is 0.853. The number of pyridine rings is 1. The standard InChI is InChI=1S/C12H15N3O/c1-13-11-6-3-7-12(14-11)15(2)9-10-5-4-8-16-10/h3-8H,9H2,1-2H3,(H,13,14). The molecule has 0 spiro atoms. The van der Waals surface area contributed by atoms with E-state index in [4.69, 9.17) is 4.42 Å². The molecular weight excluding hydrogens is 202 g/mol. The van der Waals surface area contributed by atoms with Gasteiger partial charge in [0.15, 0.2) is 0 Å². The molecule has 16 heavy (non-hydrogen) atoms. The van der Waals surface area contributed by atoms with Crippen LogP contribution in [0.1, 0.15) is 5.76 Å². The van der Waals surface area contributed by atoms with E-state index in [1.54, 1.807) is 6.26 Å². The van der Waals surface area contributed by atoms with Crippen LogP contribution in [0.15, 0.2) is 41.0 Å². The van der Waals surface area contributed by atoms with Crippen molar-refractivity contribution >= 4 is 11.6 Å². The molecule has 0 amide bonds. The van der Waals surface area contributed by atoms with Crippen molar-refractivity contribution in [1.29, 1.82) is 0 Å². The molecule has 0 fully saturated rings. The third kappa shape index (κ3) is 2.34. The molecule has 0 aromatic carbocycles. The van der Waals surface area contributed by atoms with Crippen molar-refractivity contribution in [3.05, 3.63) is 42.4 Å². The van der Waals surface area contributed by atoms with Gasteiger partial charge in [-0.25, -0.2) is 4.98 Å². The highest BCUT2D eigenvalue weighted by molar-refractivity contribution is 5.46. The molecule has 0 saturated carbocycles. The van der Waals surface area contributed by atoms with Crippen molar-refractivity contribution in [2.24, 2.45) is 0 Å². The molecule has 2 aromatic heterocycles. The van der Waals surface area contributed by atoms with Gasteiger partial charge in [0.25, 0.3) is 0 Å². The Bertz CT molecular complexity index is 439. The first-order chi connectivity index (χ1) is 7.79. The number of anilines is 2. The van der Waals surface area contributed by atoms with Crippen LogP contribution in [0.4, 0.5) is 11.6 Å². The Labute approximate surface area is 94.9 Å². The highest BCUT2D eigenvalue weighted by Gasteiger charge is 2.05. The third-order valence-electron chi connectivity index (χ3n) is 2.35. The Hall–Kier alpha value is -1.97. The molecule has 0 aliphatic rings. The predicted octanol–water partition coefficient (Wildman–Crippen LogP) is 2.35. The molecule has 4 heteroatoms. The lowest BCUT2D eigenvalue weighted by atomic mass is 10.3. The van der Waals surface area contributed by atoms with Crippen LogP contribution in [-0.4, -0.2) is 19.1 Å². The van der Waals surface area contributed by atoms with Crippen molar-refractivity contribution in [3.8, 4) is 0 Å². The SMILES string of the molecule is CNc1cccc(N(C)Cc2ccco2)n1. The number of hydrogen-bond donors (Lipinski definition) is 1. The van der Waals surface area contributed by atoms with Crippen LogP contribution in [0.25, 0.3) is 0 Å². The van der Waals surface area contributed by atoms with Gasteiger partial charge in [-0.15, -0.1) is 0 Å². The van der Waals surface area contributed by atoms with Crippen molar-refractivity contribution in [3.63, 3.8) is 0 Å². The predicted molar refractivity (Wildman–Crippen MR) is 64.6 cm³/mol. The van der Waals surface area contributed by atoms with Crippen molar-refractivity contribution in [2.75, 3.05) is 24.3 Å². The number of aromatic nitrogens is 1. The van der Waals surface area contributed by atoms with Gasteiger partial charge in [-0.2, -0.15) is 0 Å². The maximum Gasteiger partial charge on any atom is 0.131 e. The van der Waals surface area contributed by atoms with Crippen molar-refractivity contribution in [1.82, 2.24) is 4.98 Å². The van der Waals surface area contributed by atoms with Gasteiger partial charge in [-0.3, -0.25) is 0 Å². The van der Waals surface area contributed by atoms with E-state index in [9.17, 15) is 0 Å². The molecular formula is C12H15N3O. The minimum absolute atomic E-state index is 0.715. The molecule has 2 rings (SSSR count). The van der Waals surface area contributed by atoms with Gasteiger partial charge >= 0.3 is 0 Å². The van der Waals surface area contributed by atoms with E-state index in [-0.39, 0.29) is 0 Å². The lowest BCUT2D eigenvalue weighted by Crippen LogP contribution is -2.17. The zero-order valence-electron chi connectivity index (χ0n) is 9.47. The fraction of sp³-hybridized carbons (Fsp3) is 0.250. The molecule has 0 aliphatic carbocycles. The molecule has 0 saturated heterocycles. The summed E-state index contributed by atoms with van der Waals surface area (Å²) in [5.41, 5.74) is 0. The van der Waals surface area contributed by atoms with E-state index < -0.39 is 0 Å². The molecule has 0 aliphatic heterocycles. The summed E-state index contributed by atoms with van der Waals surface area (Å²) in [6.07, 6.45) is 1.68. The zero-order chi connectivity index (χ0) is 11.4. The van der Waals surface area contributed by atoms with Crippen LogP contribution in [-0.2, 0) is 6.54 Å². The first-order valence-corrected chi connectivity index (χ1v) is 5.18. The number of furan rings is 1. The van der Waals surface area contributed by atoms with Crippen LogP contribution in [0.3, 0.4) is 0 Å². The monoisotopic (exact) mass is 217 g/mol. The van der Waals surface area contributed by atoms with E-state index in [1.165, 1.54) is 0 Å². The van der Waals surface area contributed by atoms with Crippen molar-refractivity contribution < 1.29 is 4.42 Å². The Balaban J connectivity index is 2.11. The van der Waals surface area contributed by atoms with Gasteiger partial charge in [0.1, 0.15) is 17.4 Å². The summed E-state index contributed by atoms with van der Waals surface area (Å²) in [5, 5.41) is 3.02. The van der Waals surface area contributed by atoms with E-state index in [1.807, 2.05) is 49.3 Å². The molecule has 0 bridgehead atoms. The first kappa shape index (κ1) is 10.5. The minimum Gasteiger partial charge on any atom is -0.467 e. The number of hydrogen-bond acceptors (Lipinski definition) is 4.